The first kappa shape index (κ1) is 28.1. The van der Waals surface area contributed by atoms with Crippen molar-refractivity contribution in [1.29, 1.82) is 5.26 Å². The van der Waals surface area contributed by atoms with Crippen molar-refractivity contribution >= 4 is 28.6 Å². The van der Waals surface area contributed by atoms with Gasteiger partial charge >= 0.3 is 5.97 Å². The lowest BCUT2D eigenvalue weighted by Gasteiger charge is -2.17. The molecule has 40 heavy (non-hydrogen) atoms. The van der Waals surface area contributed by atoms with Gasteiger partial charge in [-0.3, -0.25) is 19.1 Å². The number of likely N-dealkylation sites (N-methyl/N-ethyl adjacent to an activating group) is 1. The molecule has 10 nitrogen and oxygen atoms in total. The molecule has 1 N–H and O–H groups in total. The third kappa shape index (κ3) is 6.76. The van der Waals surface area contributed by atoms with Crippen LogP contribution in [-0.4, -0.2) is 56.9 Å². The fourth-order valence-corrected chi connectivity index (χ4v) is 3.88. The fraction of sp³-hybridized carbons (Fsp3) is 0.267. The summed E-state index contributed by atoms with van der Waals surface area (Å²) >= 11 is 0. The van der Waals surface area contributed by atoms with E-state index in [-0.39, 0.29) is 24.3 Å². The van der Waals surface area contributed by atoms with Gasteiger partial charge in [0.05, 0.1) is 17.3 Å². The molecule has 0 aliphatic rings. The molecule has 0 fully saturated rings. The molecule has 4 aromatic rings. The van der Waals surface area contributed by atoms with Crippen LogP contribution in [-0.2, 0) is 21.1 Å². The molecule has 204 valence electrons. The zero-order chi connectivity index (χ0) is 28.9. The fourth-order valence-electron chi connectivity index (χ4n) is 3.88. The predicted molar refractivity (Wildman–Crippen MR) is 153 cm³/mol. The Hall–Kier alpha value is -4.88. The summed E-state index contributed by atoms with van der Waals surface area (Å²) in [4.78, 5) is 39.8. The highest BCUT2D eigenvalue weighted by Gasteiger charge is 2.24. The monoisotopic (exact) mass is 537 g/mol. The number of fused-ring (bicyclic) bond motifs is 1. The minimum absolute atomic E-state index is 0.0143. The Kier molecular flexibility index (Phi) is 8.36. The molecule has 0 bridgehead atoms. The lowest BCUT2D eigenvalue weighted by Crippen LogP contribution is -2.23. The number of carbonyl (C=O) groups excluding carboxylic acids is 2. The number of nitrogens with one attached hydrogen (secondary N) is 1. The highest BCUT2D eigenvalue weighted by atomic mass is 16.5. The minimum atomic E-state index is -0.644. The van der Waals surface area contributed by atoms with Gasteiger partial charge in [0, 0.05) is 59.5 Å². The van der Waals surface area contributed by atoms with Crippen LogP contribution in [0.5, 0.6) is 0 Å². The minimum Gasteiger partial charge on any atom is -0.443 e. The summed E-state index contributed by atoms with van der Waals surface area (Å²) in [6.07, 6.45) is 11.7. The van der Waals surface area contributed by atoms with Gasteiger partial charge in [-0.15, -0.1) is 0 Å². The maximum absolute atomic E-state index is 12.4. The Bertz CT molecular complexity index is 1620. The van der Waals surface area contributed by atoms with Crippen molar-refractivity contribution < 1.29 is 14.3 Å². The Morgan fingerprint density at radius 3 is 2.60 bits per heavy atom. The number of nitriles is 1. The molecule has 0 unspecified atom stereocenters. The number of hydrogen-bond acceptors (Lipinski definition) is 8. The maximum atomic E-state index is 12.4. The molecule has 4 aromatic heterocycles. The van der Waals surface area contributed by atoms with Gasteiger partial charge in [0.15, 0.2) is 6.73 Å². The van der Waals surface area contributed by atoms with Crippen molar-refractivity contribution in [2.24, 2.45) is 5.41 Å². The highest BCUT2D eigenvalue weighted by Crippen LogP contribution is 2.33. The molecule has 0 spiro atoms. The average Bonchev–Trinajstić information content (AvgIpc) is 3.29. The van der Waals surface area contributed by atoms with E-state index in [1.807, 2.05) is 43.4 Å². The molecule has 0 radical (unpaired) electrons. The number of nitrogens with zero attached hydrogens (tertiary/aromatic N) is 6. The first-order valence-electron chi connectivity index (χ1n) is 12.7. The van der Waals surface area contributed by atoms with E-state index < -0.39 is 5.41 Å². The zero-order valence-electron chi connectivity index (χ0n) is 23.2. The number of rotatable bonds is 8. The quantitative estimate of drug-likeness (QED) is 0.255. The number of pyridine rings is 3. The molecule has 4 heterocycles. The number of ether oxygens (including phenoxy) is 1. The van der Waals surface area contributed by atoms with Crippen molar-refractivity contribution in [3.05, 3.63) is 73.1 Å². The van der Waals surface area contributed by atoms with E-state index in [0.717, 1.165) is 27.6 Å². The normalized spacial score (nSPS) is 11.6. The van der Waals surface area contributed by atoms with E-state index in [0.29, 0.717) is 17.9 Å². The van der Waals surface area contributed by atoms with Gasteiger partial charge in [-0.1, -0.05) is 6.08 Å². The van der Waals surface area contributed by atoms with Gasteiger partial charge < -0.3 is 15.0 Å². The summed E-state index contributed by atoms with van der Waals surface area (Å²) in [5.41, 5.74) is 3.92. The molecule has 1 amide bonds. The van der Waals surface area contributed by atoms with E-state index in [2.05, 4.69) is 21.4 Å². The van der Waals surface area contributed by atoms with Crippen molar-refractivity contribution in [2.75, 3.05) is 26.0 Å². The summed E-state index contributed by atoms with van der Waals surface area (Å²) in [7, 11) is 3.85. The first-order chi connectivity index (χ1) is 19.0. The van der Waals surface area contributed by atoms with Crippen LogP contribution in [0.2, 0.25) is 0 Å². The Labute approximate surface area is 232 Å². The van der Waals surface area contributed by atoms with Crippen molar-refractivity contribution in [1.82, 2.24) is 24.4 Å². The first-order valence-corrected chi connectivity index (χ1v) is 12.7. The summed E-state index contributed by atoms with van der Waals surface area (Å²) < 4.78 is 7.33. The Morgan fingerprint density at radius 2 is 1.88 bits per heavy atom. The second-order valence-corrected chi connectivity index (χ2v) is 10.6. The Morgan fingerprint density at radius 1 is 1.10 bits per heavy atom. The van der Waals surface area contributed by atoms with Crippen LogP contribution in [0.1, 0.15) is 26.5 Å². The third-order valence-electron chi connectivity index (χ3n) is 5.93. The van der Waals surface area contributed by atoms with Gasteiger partial charge in [-0.2, -0.15) is 5.26 Å². The van der Waals surface area contributed by atoms with E-state index in [1.165, 1.54) is 6.08 Å². The van der Waals surface area contributed by atoms with Crippen LogP contribution >= 0.6 is 0 Å². The second kappa shape index (κ2) is 11.9. The molecule has 0 aliphatic heterocycles. The predicted octanol–water partition coefficient (Wildman–Crippen LogP) is 4.64. The number of carbonyl (C=O) groups is 2. The largest absolute Gasteiger partial charge is 0.443 e. The van der Waals surface area contributed by atoms with Gasteiger partial charge in [-0.25, -0.2) is 9.97 Å². The molecule has 0 aromatic carbocycles. The third-order valence-corrected chi connectivity index (χ3v) is 5.93. The van der Waals surface area contributed by atoms with Crippen LogP contribution in [0.25, 0.3) is 33.3 Å². The molecular weight excluding hydrogens is 506 g/mol. The molecule has 4 rings (SSSR count). The second-order valence-electron chi connectivity index (χ2n) is 10.6. The molecule has 0 saturated carbocycles. The van der Waals surface area contributed by atoms with Crippen LogP contribution in [0, 0.1) is 16.7 Å². The zero-order valence-corrected chi connectivity index (χ0v) is 23.2. The van der Waals surface area contributed by atoms with Crippen molar-refractivity contribution in [2.45, 2.75) is 27.5 Å². The SMILES string of the molecule is CN(C)CC=CC(=O)Nc1cncc(-c2cnc3c(c2)c(-c2ccnc(C#N)c2)cn3COC(=O)C(C)(C)C)c1. The Balaban J connectivity index is 1.71. The van der Waals surface area contributed by atoms with E-state index in [1.54, 1.807) is 62.3 Å². The number of hydrogen-bond donors (Lipinski definition) is 1. The van der Waals surface area contributed by atoms with Gasteiger partial charge in [-0.05, 0) is 64.7 Å². The highest BCUT2D eigenvalue weighted by molar-refractivity contribution is 6.00. The van der Waals surface area contributed by atoms with Crippen molar-refractivity contribution in [3.63, 3.8) is 0 Å². The number of esters is 1. The molecule has 0 aliphatic carbocycles. The summed E-state index contributed by atoms with van der Waals surface area (Å²) in [6, 6.07) is 9.38. The van der Waals surface area contributed by atoms with Gasteiger partial charge in [0.1, 0.15) is 17.4 Å². The average molecular weight is 538 g/mol. The number of aromatic nitrogens is 4. The number of anilines is 1. The lowest BCUT2D eigenvalue weighted by atomic mass is 9.98. The van der Waals surface area contributed by atoms with E-state index in [9.17, 15) is 14.9 Å². The van der Waals surface area contributed by atoms with E-state index in [4.69, 9.17) is 9.72 Å². The van der Waals surface area contributed by atoms with Crippen LogP contribution in [0.3, 0.4) is 0 Å². The molecule has 10 heteroatoms. The summed E-state index contributed by atoms with van der Waals surface area (Å²) in [5.74, 6) is -0.575. The summed E-state index contributed by atoms with van der Waals surface area (Å²) in [5, 5.41) is 13.0. The number of amides is 1. The standard InChI is InChI=1S/C30H31N7O3/c1-30(2,3)29(39)40-19-37-18-26(20-8-9-33-23(11-20)14-31)25-13-22(16-34-28(25)37)21-12-24(17-32-15-21)35-27(38)7-6-10-36(4)5/h6-9,11-13,15-18H,10,19H2,1-5H3,(H,35,38). The van der Waals surface area contributed by atoms with Crippen LogP contribution < -0.4 is 5.32 Å². The van der Waals surface area contributed by atoms with Gasteiger partial charge in [0.2, 0.25) is 5.91 Å². The molecule has 0 saturated heterocycles. The van der Waals surface area contributed by atoms with Crippen LogP contribution in [0.15, 0.2) is 67.4 Å². The topological polar surface area (TPSA) is 126 Å². The summed E-state index contributed by atoms with van der Waals surface area (Å²) in [6.45, 7) is 6.03. The van der Waals surface area contributed by atoms with Crippen molar-refractivity contribution in [3.8, 4) is 28.3 Å². The smallest absolute Gasteiger partial charge is 0.312 e. The van der Waals surface area contributed by atoms with E-state index >= 15 is 0 Å². The van der Waals surface area contributed by atoms with Gasteiger partial charge in [0.25, 0.3) is 0 Å². The molecular formula is C30H31N7O3. The molecule has 0 atom stereocenters. The van der Waals surface area contributed by atoms with Crippen LogP contribution in [0.4, 0.5) is 5.69 Å². The maximum Gasteiger partial charge on any atom is 0.312 e. The lowest BCUT2D eigenvalue weighted by molar-refractivity contribution is -0.156.